The Balaban J connectivity index is 1.54. The summed E-state index contributed by atoms with van der Waals surface area (Å²) in [6, 6.07) is 4.44. The van der Waals surface area contributed by atoms with E-state index in [1.54, 1.807) is 6.08 Å². The van der Waals surface area contributed by atoms with Crippen LogP contribution in [-0.4, -0.2) is 46.5 Å². The van der Waals surface area contributed by atoms with Crippen LogP contribution in [0.5, 0.6) is 5.75 Å². The molecule has 3 N–H and O–H groups in total. The summed E-state index contributed by atoms with van der Waals surface area (Å²) in [4.78, 5) is 0. The number of fused-ring (bicyclic) bond motifs is 1. The van der Waals surface area contributed by atoms with Crippen LogP contribution >= 0.6 is 0 Å². The first-order valence-electron chi connectivity index (χ1n) is 8.42. The van der Waals surface area contributed by atoms with Gasteiger partial charge in [0.2, 0.25) is 0 Å². The second-order valence-corrected chi connectivity index (χ2v) is 6.70. The quantitative estimate of drug-likeness (QED) is 0.688. The standard InChI is InChI=1S/C18H21F3O5/c19-18(20,21)10-2-1-3-12(6-10)25-9-11(22)4-5-13-14-7-17(24)26-16(14)8-15(13)23/h1-6,11,13-17,22-24H,7-9H2/b5-4+. The van der Waals surface area contributed by atoms with Gasteiger partial charge in [-0.2, -0.15) is 13.2 Å². The molecular weight excluding hydrogens is 353 g/mol. The van der Waals surface area contributed by atoms with Gasteiger partial charge in [0.05, 0.1) is 17.8 Å². The predicted octanol–water partition coefficient (Wildman–Crippen LogP) is 2.11. The van der Waals surface area contributed by atoms with Crippen molar-refractivity contribution >= 4 is 0 Å². The average molecular weight is 374 g/mol. The molecule has 1 aromatic rings. The van der Waals surface area contributed by atoms with Crippen molar-refractivity contribution in [2.45, 2.75) is 43.6 Å². The van der Waals surface area contributed by atoms with Crippen molar-refractivity contribution in [1.29, 1.82) is 0 Å². The van der Waals surface area contributed by atoms with Crippen molar-refractivity contribution in [3.8, 4) is 5.75 Å². The van der Waals surface area contributed by atoms with E-state index in [9.17, 15) is 28.5 Å². The molecule has 144 valence electrons. The summed E-state index contributed by atoms with van der Waals surface area (Å²) < 4.78 is 48.5. The van der Waals surface area contributed by atoms with Crippen molar-refractivity contribution in [2.75, 3.05) is 6.61 Å². The zero-order valence-electron chi connectivity index (χ0n) is 13.8. The number of hydrogen-bond donors (Lipinski definition) is 3. The topological polar surface area (TPSA) is 79.2 Å². The zero-order chi connectivity index (χ0) is 18.9. The average Bonchev–Trinajstić information content (AvgIpc) is 3.05. The van der Waals surface area contributed by atoms with Gasteiger partial charge < -0.3 is 24.8 Å². The van der Waals surface area contributed by atoms with Gasteiger partial charge in [0.15, 0.2) is 6.29 Å². The minimum Gasteiger partial charge on any atom is -0.491 e. The molecule has 6 unspecified atom stereocenters. The molecule has 2 fully saturated rings. The highest BCUT2D eigenvalue weighted by molar-refractivity contribution is 5.30. The van der Waals surface area contributed by atoms with Crippen molar-refractivity contribution in [1.82, 2.24) is 0 Å². The van der Waals surface area contributed by atoms with Gasteiger partial charge in [0.25, 0.3) is 0 Å². The Morgan fingerprint density at radius 3 is 2.77 bits per heavy atom. The number of halogens is 3. The van der Waals surface area contributed by atoms with Crippen LogP contribution in [0.1, 0.15) is 18.4 Å². The third kappa shape index (κ3) is 4.37. The summed E-state index contributed by atoms with van der Waals surface area (Å²) in [6.45, 7) is -0.214. The van der Waals surface area contributed by atoms with Crippen LogP contribution in [-0.2, 0) is 10.9 Å². The molecule has 6 atom stereocenters. The fraction of sp³-hybridized carbons (Fsp3) is 0.556. The normalized spacial score (nSPS) is 32.8. The molecule has 2 aliphatic rings. The fourth-order valence-corrected chi connectivity index (χ4v) is 3.59. The van der Waals surface area contributed by atoms with E-state index in [-0.39, 0.29) is 30.3 Å². The van der Waals surface area contributed by atoms with Crippen LogP contribution < -0.4 is 4.74 Å². The van der Waals surface area contributed by atoms with Crippen LogP contribution in [0.25, 0.3) is 0 Å². The molecule has 1 aliphatic heterocycles. The second-order valence-electron chi connectivity index (χ2n) is 6.70. The Hall–Kier alpha value is -1.61. The molecule has 8 heteroatoms. The Morgan fingerprint density at radius 1 is 1.27 bits per heavy atom. The lowest BCUT2D eigenvalue weighted by atomic mass is 9.91. The third-order valence-electron chi connectivity index (χ3n) is 4.83. The van der Waals surface area contributed by atoms with Crippen molar-refractivity contribution in [3.05, 3.63) is 42.0 Å². The molecule has 1 aromatic carbocycles. The van der Waals surface area contributed by atoms with Gasteiger partial charge in [-0.15, -0.1) is 0 Å². The van der Waals surface area contributed by atoms with Crippen molar-refractivity contribution < 1.29 is 38.0 Å². The number of rotatable bonds is 5. The van der Waals surface area contributed by atoms with Crippen LogP contribution in [0.4, 0.5) is 13.2 Å². The molecule has 0 radical (unpaired) electrons. The van der Waals surface area contributed by atoms with Gasteiger partial charge in [-0.05, 0) is 24.1 Å². The van der Waals surface area contributed by atoms with E-state index >= 15 is 0 Å². The molecular formula is C18H21F3O5. The first-order chi connectivity index (χ1) is 12.2. The highest BCUT2D eigenvalue weighted by Gasteiger charge is 2.47. The number of ether oxygens (including phenoxy) is 2. The fourth-order valence-electron chi connectivity index (χ4n) is 3.59. The number of aliphatic hydroxyl groups excluding tert-OH is 3. The smallest absolute Gasteiger partial charge is 0.416 e. The molecule has 0 amide bonds. The number of alkyl halides is 3. The lowest BCUT2D eigenvalue weighted by Crippen LogP contribution is -2.20. The van der Waals surface area contributed by atoms with Gasteiger partial charge in [-0.25, -0.2) is 0 Å². The van der Waals surface area contributed by atoms with E-state index in [2.05, 4.69) is 0 Å². The van der Waals surface area contributed by atoms with Crippen LogP contribution in [0.15, 0.2) is 36.4 Å². The summed E-state index contributed by atoms with van der Waals surface area (Å²) >= 11 is 0. The SMILES string of the molecule is OC(/C=C/C1C(O)CC2OC(O)CC21)COc1cccc(C(F)(F)F)c1. The minimum absolute atomic E-state index is 0.0144. The highest BCUT2D eigenvalue weighted by atomic mass is 19.4. The second kappa shape index (κ2) is 7.56. The summed E-state index contributed by atoms with van der Waals surface area (Å²) in [7, 11) is 0. The molecule has 0 aromatic heterocycles. The van der Waals surface area contributed by atoms with E-state index in [0.717, 1.165) is 12.1 Å². The molecule has 1 heterocycles. The molecule has 1 aliphatic carbocycles. The van der Waals surface area contributed by atoms with E-state index in [1.165, 1.54) is 18.2 Å². The molecule has 0 spiro atoms. The highest BCUT2D eigenvalue weighted by Crippen LogP contribution is 2.43. The Kier molecular flexibility index (Phi) is 5.57. The lowest BCUT2D eigenvalue weighted by molar-refractivity contribution is -0.137. The van der Waals surface area contributed by atoms with Crippen molar-refractivity contribution in [2.24, 2.45) is 11.8 Å². The van der Waals surface area contributed by atoms with E-state index in [0.29, 0.717) is 12.8 Å². The maximum atomic E-state index is 12.7. The van der Waals surface area contributed by atoms with E-state index in [1.807, 2.05) is 0 Å². The molecule has 0 bridgehead atoms. The van der Waals surface area contributed by atoms with Crippen LogP contribution in [0.3, 0.4) is 0 Å². The van der Waals surface area contributed by atoms with Crippen LogP contribution in [0, 0.1) is 11.8 Å². The molecule has 26 heavy (non-hydrogen) atoms. The monoisotopic (exact) mass is 374 g/mol. The van der Waals surface area contributed by atoms with Gasteiger partial charge in [-0.3, -0.25) is 0 Å². The number of aliphatic hydroxyl groups is 3. The Bertz CT molecular complexity index is 648. The summed E-state index contributed by atoms with van der Waals surface area (Å²) in [6.07, 6.45) is -3.18. The lowest BCUT2D eigenvalue weighted by Gasteiger charge is -2.17. The molecule has 3 rings (SSSR count). The molecule has 1 saturated heterocycles. The molecule has 1 saturated carbocycles. The number of hydrogen-bond acceptors (Lipinski definition) is 5. The van der Waals surface area contributed by atoms with Gasteiger partial charge in [-0.1, -0.05) is 18.2 Å². The third-order valence-corrected chi connectivity index (χ3v) is 4.83. The summed E-state index contributed by atoms with van der Waals surface area (Å²) in [5, 5.41) is 29.6. The Morgan fingerprint density at radius 2 is 2.04 bits per heavy atom. The van der Waals surface area contributed by atoms with Gasteiger partial charge in [0.1, 0.15) is 18.5 Å². The first kappa shape index (κ1) is 19.2. The molecule has 5 nitrogen and oxygen atoms in total. The van der Waals surface area contributed by atoms with Crippen LogP contribution in [0.2, 0.25) is 0 Å². The zero-order valence-corrected chi connectivity index (χ0v) is 13.8. The Labute approximate surface area is 148 Å². The summed E-state index contributed by atoms with van der Waals surface area (Å²) in [5.74, 6) is -0.256. The predicted molar refractivity (Wildman–Crippen MR) is 85.2 cm³/mol. The minimum atomic E-state index is -4.46. The largest absolute Gasteiger partial charge is 0.491 e. The maximum absolute atomic E-state index is 12.7. The first-order valence-corrected chi connectivity index (χ1v) is 8.42. The maximum Gasteiger partial charge on any atom is 0.416 e. The summed E-state index contributed by atoms with van der Waals surface area (Å²) in [5.41, 5.74) is -0.819. The van der Waals surface area contributed by atoms with Gasteiger partial charge >= 0.3 is 6.18 Å². The number of benzene rings is 1. The van der Waals surface area contributed by atoms with E-state index < -0.39 is 30.2 Å². The van der Waals surface area contributed by atoms with Crippen molar-refractivity contribution in [3.63, 3.8) is 0 Å². The van der Waals surface area contributed by atoms with E-state index in [4.69, 9.17) is 9.47 Å². The van der Waals surface area contributed by atoms with Gasteiger partial charge in [0, 0.05) is 18.8 Å².